The summed E-state index contributed by atoms with van der Waals surface area (Å²) in [7, 11) is 1.80. The molecule has 4 nitrogen and oxygen atoms in total. The van der Waals surface area contributed by atoms with Gasteiger partial charge in [0.2, 0.25) is 0 Å². The zero-order valence-corrected chi connectivity index (χ0v) is 15.6. The highest BCUT2D eigenvalue weighted by Crippen LogP contribution is 2.59. The molecule has 4 rings (SSSR count). The number of methoxy groups -OCH3 is 1. The Morgan fingerprint density at radius 3 is 2.83 bits per heavy atom. The quantitative estimate of drug-likeness (QED) is 0.783. The number of hydrogen-bond acceptors (Lipinski definition) is 5. The molecule has 0 aromatic heterocycles. The highest BCUT2D eigenvalue weighted by atomic mass is 79.9. The van der Waals surface area contributed by atoms with Gasteiger partial charge in [0.25, 0.3) is 0 Å². The summed E-state index contributed by atoms with van der Waals surface area (Å²) in [6, 6.07) is 6.27. The number of rotatable bonds is 1. The fourth-order valence-electron chi connectivity index (χ4n) is 4.37. The predicted molar refractivity (Wildman–Crippen MR) is 97.1 cm³/mol. The molecule has 1 fully saturated rings. The molecule has 0 amide bonds. The normalized spacial score (nSPS) is 35.9. The van der Waals surface area contributed by atoms with Gasteiger partial charge in [0.05, 0.1) is 6.10 Å². The van der Waals surface area contributed by atoms with Gasteiger partial charge in [0.1, 0.15) is 16.9 Å². The van der Waals surface area contributed by atoms with Crippen LogP contribution in [-0.4, -0.2) is 29.7 Å². The molecule has 124 valence electrons. The number of halogens is 1. The van der Waals surface area contributed by atoms with Crippen LogP contribution in [0.3, 0.4) is 0 Å². The van der Waals surface area contributed by atoms with Crippen molar-refractivity contribution in [2.75, 3.05) is 12.9 Å². The van der Waals surface area contributed by atoms with Gasteiger partial charge in [0, 0.05) is 22.9 Å². The van der Waals surface area contributed by atoms with Crippen LogP contribution in [0.5, 0.6) is 5.75 Å². The Labute approximate surface area is 149 Å². The number of hydrogen-bond donors (Lipinski definition) is 1. The first kappa shape index (κ1) is 15.8. The van der Waals surface area contributed by atoms with Crippen LogP contribution in [0, 0.1) is 0 Å². The van der Waals surface area contributed by atoms with Gasteiger partial charge in [-0.05, 0) is 50.3 Å². The van der Waals surface area contributed by atoms with Gasteiger partial charge in [-0.15, -0.1) is 0 Å². The van der Waals surface area contributed by atoms with E-state index >= 15 is 0 Å². The van der Waals surface area contributed by atoms with Crippen molar-refractivity contribution in [3.05, 3.63) is 28.2 Å². The number of thioether (sulfide) groups is 1. The summed E-state index contributed by atoms with van der Waals surface area (Å²) in [5.74, 6) is 1.95. The second kappa shape index (κ2) is 5.67. The molecule has 1 saturated carbocycles. The van der Waals surface area contributed by atoms with Crippen molar-refractivity contribution in [3.8, 4) is 5.75 Å². The van der Waals surface area contributed by atoms with E-state index in [-0.39, 0.29) is 11.1 Å². The van der Waals surface area contributed by atoms with Crippen molar-refractivity contribution in [1.29, 1.82) is 0 Å². The number of nitrogens with two attached hydrogens (primary N) is 1. The summed E-state index contributed by atoms with van der Waals surface area (Å²) >= 11 is 5.25. The third-order valence-corrected chi connectivity index (χ3v) is 6.82. The van der Waals surface area contributed by atoms with Crippen LogP contribution in [0.15, 0.2) is 27.7 Å². The lowest BCUT2D eigenvalue weighted by Crippen LogP contribution is -2.55. The third kappa shape index (κ3) is 2.33. The molecule has 3 aliphatic rings. The van der Waals surface area contributed by atoms with Crippen LogP contribution < -0.4 is 10.5 Å². The Morgan fingerprint density at radius 2 is 2.13 bits per heavy atom. The number of amidine groups is 1. The number of benzene rings is 1. The summed E-state index contributed by atoms with van der Waals surface area (Å²) in [6.45, 7) is 0. The fraction of sp³-hybridized carbons (Fsp3) is 0.588. The molecule has 1 atom stereocenters. The van der Waals surface area contributed by atoms with Crippen molar-refractivity contribution in [1.82, 2.24) is 0 Å². The van der Waals surface area contributed by atoms with Crippen molar-refractivity contribution in [2.45, 2.75) is 49.3 Å². The van der Waals surface area contributed by atoms with E-state index in [9.17, 15) is 0 Å². The summed E-state index contributed by atoms with van der Waals surface area (Å²) in [5, 5.41) is 0.681. The first-order chi connectivity index (χ1) is 11.1. The smallest absolute Gasteiger partial charge is 0.154 e. The van der Waals surface area contributed by atoms with Crippen LogP contribution in [0.1, 0.15) is 37.7 Å². The van der Waals surface area contributed by atoms with Crippen LogP contribution in [0.4, 0.5) is 0 Å². The molecule has 1 unspecified atom stereocenters. The summed E-state index contributed by atoms with van der Waals surface area (Å²) < 4.78 is 13.2. The first-order valence-electron chi connectivity index (χ1n) is 8.09. The average Bonchev–Trinajstić information content (AvgIpc) is 2.78. The predicted octanol–water partition coefficient (Wildman–Crippen LogP) is 3.82. The molecule has 0 radical (unpaired) electrons. The molecule has 2 spiro atoms. The van der Waals surface area contributed by atoms with E-state index in [0.717, 1.165) is 48.1 Å². The van der Waals surface area contributed by atoms with E-state index < -0.39 is 0 Å². The second-order valence-electron chi connectivity index (χ2n) is 6.58. The van der Waals surface area contributed by atoms with Gasteiger partial charge in [-0.3, -0.25) is 0 Å². The maximum absolute atomic E-state index is 6.58. The van der Waals surface area contributed by atoms with Gasteiger partial charge in [-0.1, -0.05) is 27.7 Å². The summed E-state index contributed by atoms with van der Waals surface area (Å²) in [5.41, 5.74) is 6.71. The Kier molecular flexibility index (Phi) is 3.89. The molecule has 1 aromatic carbocycles. The molecule has 0 bridgehead atoms. The van der Waals surface area contributed by atoms with Crippen molar-refractivity contribution in [3.63, 3.8) is 0 Å². The Hall–Kier alpha value is -0.720. The van der Waals surface area contributed by atoms with E-state index in [1.54, 1.807) is 18.9 Å². The molecule has 2 aliphatic heterocycles. The van der Waals surface area contributed by atoms with E-state index in [4.69, 9.17) is 20.2 Å². The van der Waals surface area contributed by atoms with Gasteiger partial charge in [-0.25, -0.2) is 4.99 Å². The highest BCUT2D eigenvalue weighted by molar-refractivity contribution is 9.10. The Bertz CT molecular complexity index is 658. The average molecular weight is 397 g/mol. The van der Waals surface area contributed by atoms with E-state index in [1.807, 2.05) is 6.07 Å². The van der Waals surface area contributed by atoms with Gasteiger partial charge in [0.15, 0.2) is 5.17 Å². The van der Waals surface area contributed by atoms with Crippen LogP contribution >= 0.6 is 27.7 Å². The van der Waals surface area contributed by atoms with E-state index in [0.29, 0.717) is 11.3 Å². The van der Waals surface area contributed by atoms with Crippen molar-refractivity contribution >= 4 is 32.9 Å². The lowest BCUT2D eigenvalue weighted by molar-refractivity contribution is -0.0561. The standard InChI is InChI=1S/C17H21BrN2O2S/c1-21-12-4-6-16(7-5-12)17(8-9-23-15(19)20-17)13-10-11(18)2-3-14(13)22-16/h2-3,10,12H,4-9H2,1H3,(H2,19,20). The van der Waals surface area contributed by atoms with Crippen molar-refractivity contribution in [2.24, 2.45) is 10.7 Å². The maximum Gasteiger partial charge on any atom is 0.154 e. The molecular weight excluding hydrogens is 376 g/mol. The summed E-state index contributed by atoms with van der Waals surface area (Å²) in [4.78, 5) is 4.99. The summed E-state index contributed by atoms with van der Waals surface area (Å²) in [6.07, 6.45) is 5.24. The van der Waals surface area contributed by atoms with E-state index in [2.05, 4.69) is 28.1 Å². The van der Waals surface area contributed by atoms with E-state index in [1.165, 1.54) is 5.56 Å². The van der Waals surface area contributed by atoms with Gasteiger partial charge < -0.3 is 15.2 Å². The number of aliphatic imine (C=N–C) groups is 1. The minimum Gasteiger partial charge on any atom is -0.484 e. The molecule has 2 N–H and O–H groups in total. The zero-order chi connectivity index (χ0) is 16.1. The lowest BCUT2D eigenvalue weighted by Gasteiger charge is -2.47. The van der Waals surface area contributed by atoms with Crippen LogP contribution in [0.25, 0.3) is 0 Å². The van der Waals surface area contributed by atoms with Crippen LogP contribution in [-0.2, 0) is 10.3 Å². The molecule has 0 saturated heterocycles. The zero-order valence-electron chi connectivity index (χ0n) is 13.2. The largest absolute Gasteiger partial charge is 0.484 e. The van der Waals surface area contributed by atoms with Gasteiger partial charge >= 0.3 is 0 Å². The molecule has 23 heavy (non-hydrogen) atoms. The maximum atomic E-state index is 6.58. The Morgan fingerprint density at radius 1 is 1.35 bits per heavy atom. The van der Waals surface area contributed by atoms with Gasteiger partial charge in [-0.2, -0.15) is 0 Å². The minimum absolute atomic E-state index is 0.281. The molecular formula is C17H21BrN2O2S. The number of ether oxygens (including phenoxy) is 2. The highest BCUT2D eigenvalue weighted by Gasteiger charge is 2.61. The topological polar surface area (TPSA) is 56.8 Å². The SMILES string of the molecule is COC1CCC2(CC1)Oc1ccc(Br)cc1C21CCSC(N)=N1. The van der Waals surface area contributed by atoms with Crippen LogP contribution in [0.2, 0.25) is 0 Å². The monoisotopic (exact) mass is 396 g/mol. The molecule has 6 heteroatoms. The minimum atomic E-state index is -0.347. The fourth-order valence-corrected chi connectivity index (χ4v) is 5.56. The molecule has 2 heterocycles. The third-order valence-electron chi connectivity index (χ3n) is 5.53. The first-order valence-corrected chi connectivity index (χ1v) is 9.86. The molecule has 1 aromatic rings. The number of fused-ring (bicyclic) bond motifs is 3. The lowest BCUT2D eigenvalue weighted by atomic mass is 9.67. The molecule has 1 aliphatic carbocycles. The van der Waals surface area contributed by atoms with Crippen molar-refractivity contribution < 1.29 is 9.47 Å². The number of nitrogens with zero attached hydrogens (tertiary/aromatic N) is 1. The second-order valence-corrected chi connectivity index (χ2v) is 8.61. The Balaban J connectivity index is 1.83.